The fourth-order valence-corrected chi connectivity index (χ4v) is 3.44. The number of aliphatic hydroxyl groups is 1. The summed E-state index contributed by atoms with van der Waals surface area (Å²) in [5, 5.41) is 12.2. The summed E-state index contributed by atoms with van der Waals surface area (Å²) in [6.45, 7) is 0.784. The van der Waals surface area contributed by atoms with Crippen LogP contribution in [0, 0.1) is 23.7 Å². The molecule has 0 spiro atoms. The van der Waals surface area contributed by atoms with E-state index in [2.05, 4.69) is 5.32 Å². The average Bonchev–Trinajstić information content (AvgIpc) is 2.65. The SMILES string of the molecule is O=C(NCC1CC(O)C1)C1C2CCCC21. The van der Waals surface area contributed by atoms with Gasteiger partial charge in [0.05, 0.1) is 6.10 Å². The van der Waals surface area contributed by atoms with Crippen LogP contribution in [0.1, 0.15) is 32.1 Å². The summed E-state index contributed by atoms with van der Waals surface area (Å²) in [6.07, 6.45) is 5.51. The molecular weight excluding hydrogens is 190 g/mol. The van der Waals surface area contributed by atoms with Gasteiger partial charge in [0.25, 0.3) is 0 Å². The number of fused-ring (bicyclic) bond motifs is 1. The molecule has 0 bridgehead atoms. The summed E-state index contributed by atoms with van der Waals surface area (Å²) in [6, 6.07) is 0. The van der Waals surface area contributed by atoms with Gasteiger partial charge in [0.1, 0.15) is 0 Å². The summed E-state index contributed by atoms with van der Waals surface area (Å²) in [5.74, 6) is 2.60. The van der Waals surface area contributed by atoms with Crippen molar-refractivity contribution in [2.75, 3.05) is 6.54 Å². The Balaban J connectivity index is 1.39. The lowest BCUT2D eigenvalue weighted by Crippen LogP contribution is -2.39. The van der Waals surface area contributed by atoms with Crippen molar-refractivity contribution in [3.63, 3.8) is 0 Å². The maximum atomic E-state index is 11.8. The quantitative estimate of drug-likeness (QED) is 0.726. The van der Waals surface area contributed by atoms with Crippen LogP contribution in [0.3, 0.4) is 0 Å². The molecule has 0 heterocycles. The van der Waals surface area contributed by atoms with E-state index in [-0.39, 0.29) is 12.0 Å². The van der Waals surface area contributed by atoms with Crippen molar-refractivity contribution in [1.29, 1.82) is 0 Å². The molecule has 3 saturated carbocycles. The molecule has 3 aliphatic carbocycles. The number of carbonyl (C=O) groups is 1. The molecule has 0 saturated heterocycles. The first-order valence-electron chi connectivity index (χ1n) is 6.21. The van der Waals surface area contributed by atoms with Crippen LogP contribution in [-0.2, 0) is 4.79 Å². The van der Waals surface area contributed by atoms with Gasteiger partial charge in [-0.1, -0.05) is 6.42 Å². The number of amides is 1. The minimum Gasteiger partial charge on any atom is -0.393 e. The van der Waals surface area contributed by atoms with Gasteiger partial charge in [-0.15, -0.1) is 0 Å². The van der Waals surface area contributed by atoms with Gasteiger partial charge in [0, 0.05) is 12.5 Å². The average molecular weight is 209 g/mol. The summed E-state index contributed by atoms with van der Waals surface area (Å²) in [4.78, 5) is 11.8. The van der Waals surface area contributed by atoms with Gasteiger partial charge in [0.2, 0.25) is 5.91 Å². The van der Waals surface area contributed by atoms with E-state index in [0.717, 1.165) is 31.2 Å². The summed E-state index contributed by atoms with van der Waals surface area (Å²) in [7, 11) is 0. The van der Waals surface area contributed by atoms with Crippen LogP contribution in [0.4, 0.5) is 0 Å². The van der Waals surface area contributed by atoms with E-state index in [0.29, 0.717) is 11.8 Å². The summed E-state index contributed by atoms with van der Waals surface area (Å²) >= 11 is 0. The van der Waals surface area contributed by atoms with Gasteiger partial charge in [-0.2, -0.15) is 0 Å². The van der Waals surface area contributed by atoms with Crippen molar-refractivity contribution >= 4 is 5.91 Å². The molecule has 2 atom stereocenters. The molecule has 3 fully saturated rings. The van der Waals surface area contributed by atoms with E-state index < -0.39 is 0 Å². The maximum Gasteiger partial charge on any atom is 0.223 e. The molecule has 3 heteroatoms. The van der Waals surface area contributed by atoms with Crippen LogP contribution < -0.4 is 5.32 Å². The monoisotopic (exact) mass is 209 g/mol. The van der Waals surface area contributed by atoms with Crippen molar-refractivity contribution in [3.05, 3.63) is 0 Å². The molecule has 0 aromatic rings. The van der Waals surface area contributed by atoms with Crippen LogP contribution in [0.2, 0.25) is 0 Å². The Kier molecular flexibility index (Phi) is 2.23. The highest BCUT2D eigenvalue weighted by atomic mass is 16.3. The Morgan fingerprint density at radius 2 is 1.93 bits per heavy atom. The van der Waals surface area contributed by atoms with Gasteiger partial charge >= 0.3 is 0 Å². The lowest BCUT2D eigenvalue weighted by atomic mass is 9.82. The third-order valence-electron chi connectivity index (χ3n) is 4.49. The predicted octanol–water partition coefficient (Wildman–Crippen LogP) is 0.920. The highest BCUT2D eigenvalue weighted by molar-refractivity contribution is 5.82. The number of rotatable bonds is 3. The standard InChI is InChI=1S/C12H19NO2/c14-8-4-7(5-8)6-13-12(15)11-9-2-1-3-10(9)11/h7-11,14H,1-6H2,(H,13,15). The third kappa shape index (κ3) is 1.67. The fourth-order valence-electron chi connectivity index (χ4n) is 3.44. The van der Waals surface area contributed by atoms with E-state index in [1.54, 1.807) is 0 Å². The zero-order valence-electron chi connectivity index (χ0n) is 8.98. The minimum absolute atomic E-state index is 0.104. The Morgan fingerprint density at radius 1 is 1.27 bits per heavy atom. The molecule has 2 N–H and O–H groups in total. The topological polar surface area (TPSA) is 49.3 Å². The maximum absolute atomic E-state index is 11.8. The zero-order valence-corrected chi connectivity index (χ0v) is 8.98. The van der Waals surface area contributed by atoms with E-state index in [1.807, 2.05) is 0 Å². The van der Waals surface area contributed by atoms with Gasteiger partial charge in [-0.25, -0.2) is 0 Å². The second-order valence-corrected chi connectivity index (χ2v) is 5.52. The number of nitrogens with one attached hydrogen (secondary N) is 1. The van der Waals surface area contributed by atoms with Crippen molar-refractivity contribution < 1.29 is 9.90 Å². The largest absolute Gasteiger partial charge is 0.393 e. The van der Waals surface area contributed by atoms with Crippen molar-refractivity contribution in [3.8, 4) is 0 Å². The minimum atomic E-state index is -0.104. The van der Waals surface area contributed by atoms with Crippen LogP contribution in [-0.4, -0.2) is 23.7 Å². The molecule has 0 aromatic heterocycles. The van der Waals surface area contributed by atoms with Gasteiger partial charge < -0.3 is 10.4 Å². The molecule has 3 nitrogen and oxygen atoms in total. The molecule has 84 valence electrons. The van der Waals surface area contributed by atoms with E-state index in [1.165, 1.54) is 19.3 Å². The van der Waals surface area contributed by atoms with Crippen molar-refractivity contribution in [2.24, 2.45) is 23.7 Å². The first kappa shape index (κ1) is 9.64. The Morgan fingerprint density at radius 3 is 2.53 bits per heavy atom. The number of carbonyl (C=O) groups excluding carboxylic acids is 1. The smallest absolute Gasteiger partial charge is 0.223 e. The lowest BCUT2D eigenvalue weighted by molar-refractivity contribution is -0.123. The van der Waals surface area contributed by atoms with E-state index in [4.69, 9.17) is 5.11 Å². The number of hydrogen-bond acceptors (Lipinski definition) is 2. The molecular formula is C12H19NO2. The number of aliphatic hydroxyl groups excluding tert-OH is 1. The Hall–Kier alpha value is -0.570. The number of hydrogen-bond donors (Lipinski definition) is 2. The van der Waals surface area contributed by atoms with Crippen LogP contribution in [0.25, 0.3) is 0 Å². The first-order valence-corrected chi connectivity index (χ1v) is 6.21. The lowest BCUT2D eigenvalue weighted by Gasteiger charge is -2.31. The molecule has 15 heavy (non-hydrogen) atoms. The van der Waals surface area contributed by atoms with Crippen LogP contribution in [0.5, 0.6) is 0 Å². The molecule has 3 aliphatic rings. The van der Waals surface area contributed by atoms with Gasteiger partial charge in [-0.3, -0.25) is 4.79 Å². The second-order valence-electron chi connectivity index (χ2n) is 5.52. The first-order chi connectivity index (χ1) is 7.25. The Bertz CT molecular complexity index is 263. The highest BCUT2D eigenvalue weighted by Crippen LogP contribution is 2.57. The van der Waals surface area contributed by atoms with Crippen LogP contribution in [0.15, 0.2) is 0 Å². The van der Waals surface area contributed by atoms with E-state index >= 15 is 0 Å². The Labute approximate surface area is 90.2 Å². The summed E-state index contributed by atoms with van der Waals surface area (Å²) in [5.41, 5.74) is 0. The van der Waals surface area contributed by atoms with Gasteiger partial charge in [-0.05, 0) is 43.4 Å². The highest BCUT2D eigenvalue weighted by Gasteiger charge is 2.56. The third-order valence-corrected chi connectivity index (χ3v) is 4.49. The molecule has 0 aliphatic heterocycles. The molecule has 3 rings (SSSR count). The second kappa shape index (κ2) is 3.48. The zero-order chi connectivity index (χ0) is 10.4. The molecule has 2 unspecified atom stereocenters. The molecule has 0 aromatic carbocycles. The van der Waals surface area contributed by atoms with Crippen molar-refractivity contribution in [1.82, 2.24) is 5.32 Å². The fraction of sp³-hybridized carbons (Fsp3) is 0.917. The van der Waals surface area contributed by atoms with Crippen LogP contribution >= 0.6 is 0 Å². The van der Waals surface area contributed by atoms with Gasteiger partial charge in [0.15, 0.2) is 0 Å². The predicted molar refractivity (Wildman–Crippen MR) is 56.1 cm³/mol. The normalized spacial score (nSPS) is 46.9. The van der Waals surface area contributed by atoms with E-state index in [9.17, 15) is 4.79 Å². The van der Waals surface area contributed by atoms with Crippen molar-refractivity contribution in [2.45, 2.75) is 38.2 Å². The molecule has 0 radical (unpaired) electrons. The summed E-state index contributed by atoms with van der Waals surface area (Å²) < 4.78 is 0. The molecule has 1 amide bonds.